The minimum atomic E-state index is -4.82. The maximum atomic E-state index is 12.4. The topological polar surface area (TPSA) is 109 Å². The highest BCUT2D eigenvalue weighted by atomic mass is 32.1. The lowest BCUT2D eigenvalue weighted by atomic mass is 10.3. The molecule has 2 heterocycles. The number of benzene rings is 1. The van der Waals surface area contributed by atoms with Crippen LogP contribution in [0.4, 0.5) is 28.7 Å². The average molecular weight is 428 g/mol. The third kappa shape index (κ3) is 4.66. The van der Waals surface area contributed by atoms with Crippen molar-refractivity contribution in [2.24, 2.45) is 0 Å². The summed E-state index contributed by atoms with van der Waals surface area (Å²) in [5.74, 6) is -1.86. The number of amides is 2. The Kier molecular flexibility index (Phi) is 5.20. The zero-order valence-electron chi connectivity index (χ0n) is 14.4. The van der Waals surface area contributed by atoms with E-state index in [4.69, 9.17) is 9.52 Å². The first-order valence-corrected chi connectivity index (χ1v) is 8.56. The molecule has 2 N–H and O–H groups in total. The van der Waals surface area contributed by atoms with Crippen LogP contribution in [-0.4, -0.2) is 30.5 Å². The van der Waals surface area contributed by atoms with Crippen molar-refractivity contribution >= 4 is 44.3 Å². The number of nitrogens with zero attached hydrogens (tertiary/aromatic N) is 1. The number of rotatable bonds is 4. The molecular formula is C17H11F3N2O6S. The van der Waals surface area contributed by atoms with Gasteiger partial charge in [0, 0.05) is 18.8 Å². The van der Waals surface area contributed by atoms with Crippen molar-refractivity contribution in [3.05, 3.63) is 52.4 Å². The summed E-state index contributed by atoms with van der Waals surface area (Å²) in [6.45, 7) is 0. The van der Waals surface area contributed by atoms with Gasteiger partial charge in [0.1, 0.15) is 16.3 Å². The molecule has 0 saturated carbocycles. The Morgan fingerprint density at radius 1 is 1.21 bits per heavy atom. The van der Waals surface area contributed by atoms with Crippen molar-refractivity contribution < 1.29 is 37.0 Å². The molecule has 0 bridgehead atoms. The Morgan fingerprint density at radius 3 is 2.45 bits per heavy atom. The van der Waals surface area contributed by atoms with Crippen molar-refractivity contribution in [1.82, 2.24) is 0 Å². The van der Waals surface area contributed by atoms with Crippen LogP contribution in [0, 0.1) is 0 Å². The van der Waals surface area contributed by atoms with E-state index < -0.39 is 35.3 Å². The maximum absolute atomic E-state index is 12.4. The molecule has 152 valence electrons. The number of alkyl halides is 3. The van der Waals surface area contributed by atoms with Crippen molar-refractivity contribution in [3.8, 4) is 5.75 Å². The summed E-state index contributed by atoms with van der Waals surface area (Å²) >= 11 is 1.02. The fourth-order valence-electron chi connectivity index (χ4n) is 2.26. The molecule has 0 spiro atoms. The molecule has 2 amide bonds. The van der Waals surface area contributed by atoms with Gasteiger partial charge in [0.25, 0.3) is 0 Å². The molecule has 0 aliphatic heterocycles. The first kappa shape index (κ1) is 20.2. The number of ether oxygens (including phenoxy) is 1. The normalized spacial score (nSPS) is 11.3. The molecule has 2 aromatic heterocycles. The van der Waals surface area contributed by atoms with Gasteiger partial charge in [-0.15, -0.1) is 24.5 Å². The van der Waals surface area contributed by atoms with Gasteiger partial charge in [0.05, 0.1) is 4.70 Å². The maximum Gasteiger partial charge on any atom is 0.573 e. The largest absolute Gasteiger partial charge is 0.573 e. The van der Waals surface area contributed by atoms with Crippen LogP contribution in [0.1, 0.15) is 10.4 Å². The summed E-state index contributed by atoms with van der Waals surface area (Å²) in [7, 11) is 1.41. The number of anilines is 2. The van der Waals surface area contributed by atoms with E-state index in [0.29, 0.717) is 9.70 Å². The molecule has 12 heteroatoms. The molecule has 0 fully saturated rings. The zero-order chi connectivity index (χ0) is 21.3. The average Bonchev–Trinajstić information content (AvgIpc) is 3.03. The quantitative estimate of drug-likeness (QED) is 0.647. The van der Waals surface area contributed by atoms with Crippen LogP contribution in [-0.2, 0) is 0 Å². The van der Waals surface area contributed by atoms with Gasteiger partial charge in [-0.25, -0.2) is 14.4 Å². The molecule has 3 rings (SSSR count). The molecule has 0 atom stereocenters. The van der Waals surface area contributed by atoms with Crippen LogP contribution in [0.15, 0.2) is 45.6 Å². The van der Waals surface area contributed by atoms with Crippen LogP contribution in [0.2, 0.25) is 0 Å². The number of carbonyl (C=O) groups excluding carboxylic acids is 1. The fourth-order valence-corrected chi connectivity index (χ4v) is 3.25. The summed E-state index contributed by atoms with van der Waals surface area (Å²) in [6, 6.07) is 6.48. The number of thiophene rings is 1. The first-order valence-electron chi connectivity index (χ1n) is 7.75. The molecular weight excluding hydrogens is 417 g/mol. The number of urea groups is 1. The van der Waals surface area contributed by atoms with Crippen molar-refractivity contribution in [1.29, 1.82) is 0 Å². The number of carboxylic acids is 1. The lowest BCUT2D eigenvalue weighted by molar-refractivity contribution is -0.274. The minimum Gasteiger partial charge on any atom is -0.477 e. The molecule has 0 saturated heterocycles. The Labute approximate surface area is 163 Å². The van der Waals surface area contributed by atoms with Crippen LogP contribution in [0.5, 0.6) is 5.75 Å². The molecule has 0 radical (unpaired) electrons. The van der Waals surface area contributed by atoms with Gasteiger partial charge in [0.15, 0.2) is 5.58 Å². The molecule has 0 aliphatic carbocycles. The molecule has 3 aromatic rings. The van der Waals surface area contributed by atoms with E-state index in [2.05, 4.69) is 10.1 Å². The number of nitrogens with one attached hydrogen (secondary N) is 1. The van der Waals surface area contributed by atoms with Gasteiger partial charge in [-0.05, 0) is 30.3 Å². The predicted molar refractivity (Wildman–Crippen MR) is 97.9 cm³/mol. The number of carboxylic acid groups (broad SMARTS) is 1. The monoisotopic (exact) mass is 428 g/mol. The first-order chi connectivity index (χ1) is 13.5. The molecule has 29 heavy (non-hydrogen) atoms. The van der Waals surface area contributed by atoms with Crippen LogP contribution in [0.25, 0.3) is 10.3 Å². The standard InChI is InChI=1S/C17H11F3N2O6S/c1-22(13-7-11-12(29-13)6-10(14(23)24)15(25)27-11)16(26)21-8-2-4-9(5-3-8)28-17(18,19)20/h2-7H,1H3,(H,21,26)(H,23,24). The van der Waals surface area contributed by atoms with E-state index in [1.807, 2.05) is 0 Å². The van der Waals surface area contributed by atoms with Crippen molar-refractivity contribution in [3.63, 3.8) is 0 Å². The van der Waals surface area contributed by atoms with E-state index >= 15 is 0 Å². The van der Waals surface area contributed by atoms with Gasteiger partial charge in [-0.1, -0.05) is 0 Å². The van der Waals surface area contributed by atoms with E-state index in [0.717, 1.165) is 29.5 Å². The Bertz CT molecular complexity index is 1140. The number of carbonyl (C=O) groups is 2. The predicted octanol–water partition coefficient (Wildman–Crippen LogP) is 4.12. The van der Waals surface area contributed by atoms with Gasteiger partial charge in [-0.2, -0.15) is 0 Å². The SMILES string of the molecule is CN(C(=O)Nc1ccc(OC(F)(F)F)cc1)c1cc2oc(=O)c(C(=O)O)cc2s1. The minimum absolute atomic E-state index is 0.119. The fraction of sp³-hybridized carbons (Fsp3) is 0.118. The third-order valence-electron chi connectivity index (χ3n) is 3.61. The van der Waals surface area contributed by atoms with Crippen molar-refractivity contribution in [2.45, 2.75) is 6.36 Å². The van der Waals surface area contributed by atoms with Gasteiger partial charge >= 0.3 is 24.0 Å². The number of aromatic carboxylic acids is 1. The number of fused-ring (bicyclic) bond motifs is 1. The summed E-state index contributed by atoms with van der Waals surface area (Å²) in [4.78, 5) is 36.2. The molecule has 0 aliphatic rings. The Hall–Kier alpha value is -3.54. The highest BCUT2D eigenvalue weighted by Crippen LogP contribution is 2.32. The number of halogens is 3. The van der Waals surface area contributed by atoms with E-state index in [1.165, 1.54) is 30.1 Å². The molecule has 0 unspecified atom stereocenters. The molecule has 8 nitrogen and oxygen atoms in total. The highest BCUT2D eigenvalue weighted by molar-refractivity contribution is 7.22. The second-order valence-electron chi connectivity index (χ2n) is 5.63. The van der Waals surface area contributed by atoms with E-state index in [-0.39, 0.29) is 11.3 Å². The summed E-state index contributed by atoms with van der Waals surface area (Å²) in [5, 5.41) is 11.8. The van der Waals surface area contributed by atoms with E-state index in [1.54, 1.807) is 0 Å². The Morgan fingerprint density at radius 2 is 1.86 bits per heavy atom. The smallest absolute Gasteiger partial charge is 0.477 e. The lowest BCUT2D eigenvalue weighted by Gasteiger charge is -2.16. The number of hydrogen-bond donors (Lipinski definition) is 2. The van der Waals surface area contributed by atoms with Gasteiger partial charge in [-0.3, -0.25) is 4.90 Å². The molecule has 1 aromatic carbocycles. The zero-order valence-corrected chi connectivity index (χ0v) is 15.3. The van der Waals surface area contributed by atoms with Crippen LogP contribution in [0.3, 0.4) is 0 Å². The summed E-state index contributed by atoms with van der Waals surface area (Å²) in [5.41, 5.74) is -1.20. The third-order valence-corrected chi connectivity index (χ3v) is 4.75. The van der Waals surface area contributed by atoms with Crippen molar-refractivity contribution in [2.75, 3.05) is 17.3 Å². The van der Waals surface area contributed by atoms with Gasteiger partial charge < -0.3 is 19.6 Å². The Balaban J connectivity index is 1.76. The second kappa shape index (κ2) is 7.47. The van der Waals surface area contributed by atoms with Gasteiger partial charge in [0.2, 0.25) is 0 Å². The van der Waals surface area contributed by atoms with Crippen LogP contribution >= 0.6 is 11.3 Å². The summed E-state index contributed by atoms with van der Waals surface area (Å²) < 4.78 is 45.6. The highest BCUT2D eigenvalue weighted by Gasteiger charge is 2.31. The summed E-state index contributed by atoms with van der Waals surface area (Å²) in [6.07, 6.45) is -4.82. The van der Waals surface area contributed by atoms with E-state index in [9.17, 15) is 27.6 Å². The van der Waals surface area contributed by atoms with Crippen LogP contribution < -0.4 is 20.6 Å². The number of hydrogen-bond acceptors (Lipinski definition) is 6. The second-order valence-corrected chi connectivity index (χ2v) is 6.69. The lowest BCUT2D eigenvalue weighted by Crippen LogP contribution is -2.30.